The van der Waals surface area contributed by atoms with Gasteiger partial charge in [-0.2, -0.15) is 4.72 Å². The summed E-state index contributed by atoms with van der Waals surface area (Å²) < 4.78 is 36.5. The van der Waals surface area contributed by atoms with Crippen LogP contribution in [0.3, 0.4) is 0 Å². The number of rotatable bonds is 4. The first-order valence-electron chi connectivity index (χ1n) is 5.46. The highest BCUT2D eigenvalue weighted by molar-refractivity contribution is 7.89. The van der Waals surface area contributed by atoms with Gasteiger partial charge in [0.15, 0.2) is 11.5 Å². The quantitative estimate of drug-likeness (QED) is 0.835. The van der Waals surface area contributed by atoms with Crippen molar-refractivity contribution in [2.75, 3.05) is 6.79 Å². The predicted molar refractivity (Wildman–Crippen MR) is 64.7 cm³/mol. The molecule has 2 rings (SSSR count). The Balaban J connectivity index is 2.38. The number of sulfonamides is 1. The van der Waals surface area contributed by atoms with Gasteiger partial charge in [-0.05, 0) is 25.5 Å². The number of fused-ring (bicyclic) bond motifs is 1. The van der Waals surface area contributed by atoms with E-state index in [1.54, 1.807) is 13.0 Å². The molecular formula is C11H13NO6S. The molecule has 0 spiro atoms. The van der Waals surface area contributed by atoms with Gasteiger partial charge in [-0.3, -0.25) is 4.79 Å². The Kier molecular flexibility index (Phi) is 3.38. The average Bonchev–Trinajstić information content (AvgIpc) is 2.73. The van der Waals surface area contributed by atoms with E-state index in [1.165, 1.54) is 13.0 Å². The Morgan fingerprint density at radius 2 is 1.95 bits per heavy atom. The van der Waals surface area contributed by atoms with Gasteiger partial charge in [0.05, 0.1) is 4.90 Å². The van der Waals surface area contributed by atoms with Crippen molar-refractivity contribution in [2.45, 2.75) is 24.8 Å². The minimum absolute atomic E-state index is 0.0233. The first-order chi connectivity index (χ1) is 8.81. The Hall–Kier alpha value is -1.80. The van der Waals surface area contributed by atoms with Gasteiger partial charge >= 0.3 is 5.97 Å². The third-order valence-corrected chi connectivity index (χ3v) is 4.34. The molecule has 0 amide bonds. The summed E-state index contributed by atoms with van der Waals surface area (Å²) in [7, 11) is -3.92. The monoisotopic (exact) mass is 287 g/mol. The predicted octanol–water partition coefficient (Wildman–Crippen LogP) is 0.475. The summed E-state index contributed by atoms with van der Waals surface area (Å²) in [5.41, 5.74) is 0.453. The third-order valence-electron chi connectivity index (χ3n) is 2.66. The molecule has 0 saturated carbocycles. The maximum Gasteiger partial charge on any atom is 0.321 e. The highest BCUT2D eigenvalue weighted by atomic mass is 32.2. The summed E-state index contributed by atoms with van der Waals surface area (Å²) in [6.45, 7) is 2.89. The second-order valence-corrected chi connectivity index (χ2v) is 5.83. The van der Waals surface area contributed by atoms with Crippen LogP contribution in [0.15, 0.2) is 17.0 Å². The highest BCUT2D eigenvalue weighted by Crippen LogP contribution is 2.36. The Bertz CT molecular complexity index is 624. The van der Waals surface area contributed by atoms with Crippen molar-refractivity contribution in [1.29, 1.82) is 0 Å². The summed E-state index contributed by atoms with van der Waals surface area (Å²) in [6.07, 6.45) is 0. The topological polar surface area (TPSA) is 102 Å². The van der Waals surface area contributed by atoms with Crippen molar-refractivity contribution in [3.05, 3.63) is 17.7 Å². The SMILES string of the molecule is Cc1cc2c(cc1S(=O)(=O)NC(C)C(=O)O)OCO2. The van der Waals surface area contributed by atoms with Crippen molar-refractivity contribution in [1.82, 2.24) is 4.72 Å². The van der Waals surface area contributed by atoms with Crippen LogP contribution in [0.4, 0.5) is 0 Å². The Morgan fingerprint density at radius 1 is 1.37 bits per heavy atom. The summed E-state index contributed by atoms with van der Waals surface area (Å²) in [6, 6.07) is 1.66. The molecule has 1 atom stereocenters. The third kappa shape index (κ3) is 2.64. The normalized spacial score (nSPS) is 15.3. The van der Waals surface area contributed by atoms with E-state index < -0.39 is 22.0 Å². The maximum absolute atomic E-state index is 12.1. The van der Waals surface area contributed by atoms with Crippen molar-refractivity contribution < 1.29 is 27.8 Å². The van der Waals surface area contributed by atoms with Crippen LogP contribution in [0.5, 0.6) is 11.5 Å². The standard InChI is InChI=1S/C11H13NO6S/c1-6-3-8-9(18-5-17-8)4-10(6)19(15,16)12-7(2)11(13)14/h3-4,7,12H,5H2,1-2H3,(H,13,14). The van der Waals surface area contributed by atoms with Crippen LogP contribution in [0.1, 0.15) is 12.5 Å². The number of carboxylic acid groups (broad SMARTS) is 1. The number of hydrogen-bond acceptors (Lipinski definition) is 5. The van der Waals surface area contributed by atoms with E-state index in [0.29, 0.717) is 17.1 Å². The van der Waals surface area contributed by atoms with E-state index in [1.807, 2.05) is 0 Å². The van der Waals surface area contributed by atoms with E-state index in [4.69, 9.17) is 14.6 Å². The van der Waals surface area contributed by atoms with Crippen LogP contribution in [0.25, 0.3) is 0 Å². The minimum Gasteiger partial charge on any atom is -0.480 e. The number of carbonyl (C=O) groups is 1. The van der Waals surface area contributed by atoms with Crippen LogP contribution in [0.2, 0.25) is 0 Å². The molecule has 1 unspecified atom stereocenters. The number of nitrogens with one attached hydrogen (secondary N) is 1. The fourth-order valence-corrected chi connectivity index (χ4v) is 3.10. The number of ether oxygens (including phenoxy) is 2. The summed E-state index contributed by atoms with van der Waals surface area (Å²) >= 11 is 0. The molecule has 0 saturated heterocycles. The number of aryl methyl sites for hydroxylation is 1. The van der Waals surface area contributed by atoms with Crippen molar-refractivity contribution in [3.8, 4) is 11.5 Å². The minimum atomic E-state index is -3.92. The molecule has 8 heteroatoms. The summed E-state index contributed by atoms with van der Waals surface area (Å²) in [5.74, 6) is -0.446. The number of hydrogen-bond donors (Lipinski definition) is 2. The lowest BCUT2D eigenvalue weighted by atomic mass is 10.2. The molecule has 1 aliphatic rings. The highest BCUT2D eigenvalue weighted by Gasteiger charge is 2.26. The molecule has 1 aliphatic heterocycles. The zero-order chi connectivity index (χ0) is 14.2. The van der Waals surface area contributed by atoms with Gasteiger partial charge in [0.2, 0.25) is 16.8 Å². The molecule has 0 bridgehead atoms. The van der Waals surface area contributed by atoms with E-state index in [2.05, 4.69) is 4.72 Å². The molecule has 104 valence electrons. The van der Waals surface area contributed by atoms with Crippen LogP contribution in [-0.4, -0.2) is 32.3 Å². The molecule has 1 heterocycles. The second-order valence-electron chi connectivity index (χ2n) is 4.15. The van der Waals surface area contributed by atoms with Crippen molar-refractivity contribution >= 4 is 16.0 Å². The number of carboxylic acids is 1. The first kappa shape index (κ1) is 13.6. The smallest absolute Gasteiger partial charge is 0.321 e. The van der Waals surface area contributed by atoms with Crippen LogP contribution >= 0.6 is 0 Å². The van der Waals surface area contributed by atoms with Crippen LogP contribution in [-0.2, 0) is 14.8 Å². The Morgan fingerprint density at radius 3 is 2.53 bits per heavy atom. The first-order valence-corrected chi connectivity index (χ1v) is 6.95. The molecule has 0 fully saturated rings. The fraction of sp³-hybridized carbons (Fsp3) is 0.364. The van der Waals surface area contributed by atoms with Gasteiger partial charge in [0.25, 0.3) is 0 Å². The van der Waals surface area contributed by atoms with E-state index in [9.17, 15) is 13.2 Å². The van der Waals surface area contributed by atoms with E-state index >= 15 is 0 Å². The summed E-state index contributed by atoms with van der Waals surface area (Å²) in [4.78, 5) is 10.7. The Labute approximate surface area is 110 Å². The molecule has 1 aromatic carbocycles. The maximum atomic E-state index is 12.1. The van der Waals surface area contributed by atoms with Crippen molar-refractivity contribution in [3.63, 3.8) is 0 Å². The van der Waals surface area contributed by atoms with Crippen LogP contribution < -0.4 is 14.2 Å². The molecule has 1 aromatic rings. The molecule has 2 N–H and O–H groups in total. The fourth-order valence-electron chi connectivity index (χ4n) is 1.66. The zero-order valence-corrected chi connectivity index (χ0v) is 11.2. The van der Waals surface area contributed by atoms with Crippen molar-refractivity contribution in [2.24, 2.45) is 0 Å². The van der Waals surface area contributed by atoms with E-state index in [0.717, 1.165) is 0 Å². The van der Waals surface area contributed by atoms with Gasteiger partial charge in [-0.1, -0.05) is 0 Å². The van der Waals surface area contributed by atoms with Gasteiger partial charge in [-0.15, -0.1) is 0 Å². The molecule has 0 aliphatic carbocycles. The zero-order valence-electron chi connectivity index (χ0n) is 10.3. The lowest BCUT2D eigenvalue weighted by Crippen LogP contribution is -2.38. The second kappa shape index (κ2) is 4.71. The van der Waals surface area contributed by atoms with Crippen LogP contribution in [0, 0.1) is 6.92 Å². The molecule has 0 aromatic heterocycles. The number of aliphatic carboxylic acids is 1. The lowest BCUT2D eigenvalue weighted by molar-refractivity contribution is -0.138. The molecular weight excluding hydrogens is 274 g/mol. The molecule has 0 radical (unpaired) electrons. The van der Waals surface area contributed by atoms with E-state index in [-0.39, 0.29) is 11.7 Å². The van der Waals surface area contributed by atoms with Gasteiger partial charge in [-0.25, -0.2) is 8.42 Å². The molecule has 19 heavy (non-hydrogen) atoms. The van der Waals surface area contributed by atoms with Gasteiger partial charge < -0.3 is 14.6 Å². The molecule has 7 nitrogen and oxygen atoms in total. The average molecular weight is 287 g/mol. The summed E-state index contributed by atoms with van der Waals surface area (Å²) in [5, 5.41) is 8.74. The number of benzene rings is 1. The van der Waals surface area contributed by atoms with Gasteiger partial charge in [0, 0.05) is 6.07 Å². The largest absolute Gasteiger partial charge is 0.480 e. The lowest BCUT2D eigenvalue weighted by Gasteiger charge is -2.12. The van der Waals surface area contributed by atoms with Gasteiger partial charge in [0.1, 0.15) is 6.04 Å².